The van der Waals surface area contributed by atoms with Gasteiger partial charge in [0.1, 0.15) is 0 Å². The number of hydrogen-bond donors (Lipinski definition) is 1. The molecule has 17 heavy (non-hydrogen) atoms. The number of ether oxygens (including phenoxy) is 1. The van der Waals surface area contributed by atoms with E-state index in [4.69, 9.17) is 4.74 Å². The fourth-order valence-corrected chi connectivity index (χ4v) is 1.85. The number of rotatable bonds is 5. The third-order valence-electron chi connectivity index (χ3n) is 2.82. The number of amides is 1. The molecule has 0 saturated carbocycles. The van der Waals surface area contributed by atoms with E-state index >= 15 is 0 Å². The molecule has 1 amide bonds. The quantitative estimate of drug-likeness (QED) is 0.824. The molecule has 1 aromatic heterocycles. The summed E-state index contributed by atoms with van der Waals surface area (Å²) in [6.07, 6.45) is 0.375. The van der Waals surface area contributed by atoms with Gasteiger partial charge in [0.2, 0.25) is 5.91 Å². The Balaban J connectivity index is 2.62. The van der Waals surface area contributed by atoms with Crippen LogP contribution in [-0.4, -0.2) is 35.4 Å². The summed E-state index contributed by atoms with van der Waals surface area (Å²) in [7, 11) is 3.51. The summed E-state index contributed by atoms with van der Waals surface area (Å²) in [4.78, 5) is 11.8. The first-order valence-electron chi connectivity index (χ1n) is 5.73. The predicted octanol–water partition coefficient (Wildman–Crippen LogP) is 0.731. The molecule has 0 unspecified atom stereocenters. The topological polar surface area (TPSA) is 56.1 Å². The highest BCUT2D eigenvalue weighted by atomic mass is 16.5. The summed E-state index contributed by atoms with van der Waals surface area (Å²) < 4.78 is 6.78. The molecule has 1 N–H and O–H groups in total. The van der Waals surface area contributed by atoms with Crippen LogP contribution in [0.15, 0.2) is 0 Å². The van der Waals surface area contributed by atoms with Gasteiger partial charge in [0, 0.05) is 31.5 Å². The van der Waals surface area contributed by atoms with Crippen molar-refractivity contribution in [2.75, 3.05) is 13.7 Å². The number of carbonyl (C=O) groups is 1. The molecule has 0 spiro atoms. The van der Waals surface area contributed by atoms with Crippen molar-refractivity contribution >= 4 is 5.91 Å². The Kier molecular flexibility index (Phi) is 4.69. The molecule has 0 saturated heterocycles. The number of nitrogens with one attached hydrogen (secondary N) is 1. The number of aromatic nitrogens is 2. The molecule has 0 aliphatic rings. The second-order valence-electron chi connectivity index (χ2n) is 4.37. The van der Waals surface area contributed by atoms with Gasteiger partial charge in [-0.05, 0) is 20.8 Å². The molecule has 1 atom stereocenters. The average molecular weight is 239 g/mol. The minimum atomic E-state index is 0.00810. The molecule has 0 bridgehead atoms. The van der Waals surface area contributed by atoms with Crippen molar-refractivity contribution in [3.8, 4) is 0 Å². The van der Waals surface area contributed by atoms with Gasteiger partial charge >= 0.3 is 0 Å². The van der Waals surface area contributed by atoms with Crippen molar-refractivity contribution < 1.29 is 9.53 Å². The zero-order valence-electron chi connectivity index (χ0n) is 11.2. The number of hydrogen-bond acceptors (Lipinski definition) is 3. The van der Waals surface area contributed by atoms with Crippen LogP contribution >= 0.6 is 0 Å². The highest BCUT2D eigenvalue weighted by Crippen LogP contribution is 2.12. The first kappa shape index (κ1) is 13.7. The molecule has 96 valence electrons. The normalized spacial score (nSPS) is 12.5. The van der Waals surface area contributed by atoms with E-state index < -0.39 is 0 Å². The second kappa shape index (κ2) is 5.82. The van der Waals surface area contributed by atoms with Crippen molar-refractivity contribution in [2.24, 2.45) is 7.05 Å². The maximum Gasteiger partial charge on any atom is 0.224 e. The van der Waals surface area contributed by atoms with Crippen molar-refractivity contribution in [1.82, 2.24) is 15.1 Å². The van der Waals surface area contributed by atoms with Gasteiger partial charge < -0.3 is 10.1 Å². The molecule has 1 rings (SSSR count). The molecule has 0 aliphatic heterocycles. The fraction of sp³-hybridized carbons (Fsp3) is 0.667. The van der Waals surface area contributed by atoms with Crippen molar-refractivity contribution in [2.45, 2.75) is 33.2 Å². The highest BCUT2D eigenvalue weighted by molar-refractivity contribution is 5.79. The van der Waals surface area contributed by atoms with E-state index in [2.05, 4.69) is 10.4 Å². The van der Waals surface area contributed by atoms with Crippen LogP contribution < -0.4 is 5.32 Å². The summed E-state index contributed by atoms with van der Waals surface area (Å²) >= 11 is 0. The Morgan fingerprint density at radius 3 is 2.65 bits per heavy atom. The van der Waals surface area contributed by atoms with Crippen LogP contribution in [0.4, 0.5) is 0 Å². The van der Waals surface area contributed by atoms with Gasteiger partial charge in [-0.25, -0.2) is 0 Å². The molecule has 1 aromatic rings. The zero-order valence-corrected chi connectivity index (χ0v) is 11.2. The minimum absolute atomic E-state index is 0.00810. The molecular formula is C12H21N3O2. The molecule has 0 aromatic carbocycles. The summed E-state index contributed by atoms with van der Waals surface area (Å²) in [5.74, 6) is 0.00810. The highest BCUT2D eigenvalue weighted by Gasteiger charge is 2.14. The maximum absolute atomic E-state index is 11.8. The average Bonchev–Trinajstić information content (AvgIpc) is 2.45. The summed E-state index contributed by atoms with van der Waals surface area (Å²) in [6.45, 7) is 6.34. The Hall–Kier alpha value is -1.36. The SMILES string of the molecule is COC[C@@H](C)NC(=O)Cc1c(C)nn(C)c1C. The van der Waals surface area contributed by atoms with Gasteiger partial charge in [0.15, 0.2) is 0 Å². The van der Waals surface area contributed by atoms with Crippen LogP contribution in [0.1, 0.15) is 23.9 Å². The van der Waals surface area contributed by atoms with Crippen LogP contribution in [0.5, 0.6) is 0 Å². The van der Waals surface area contributed by atoms with Crippen LogP contribution in [0.3, 0.4) is 0 Å². The van der Waals surface area contributed by atoms with E-state index in [0.717, 1.165) is 17.0 Å². The van der Waals surface area contributed by atoms with Crippen molar-refractivity contribution in [1.29, 1.82) is 0 Å². The lowest BCUT2D eigenvalue weighted by atomic mass is 10.1. The summed E-state index contributed by atoms with van der Waals surface area (Å²) in [6, 6.07) is 0.0322. The van der Waals surface area contributed by atoms with E-state index in [9.17, 15) is 4.79 Å². The molecular weight excluding hydrogens is 218 g/mol. The van der Waals surface area contributed by atoms with E-state index in [-0.39, 0.29) is 11.9 Å². The Bertz CT molecular complexity index is 399. The van der Waals surface area contributed by atoms with Gasteiger partial charge in [-0.1, -0.05) is 0 Å². The van der Waals surface area contributed by atoms with Crippen molar-refractivity contribution in [3.05, 3.63) is 17.0 Å². The number of aryl methyl sites for hydroxylation is 2. The summed E-state index contributed by atoms with van der Waals surface area (Å²) in [5, 5.41) is 7.18. The Labute approximate surface area is 102 Å². The van der Waals surface area contributed by atoms with Crippen LogP contribution in [0.2, 0.25) is 0 Å². The Morgan fingerprint density at radius 2 is 2.18 bits per heavy atom. The first-order valence-corrected chi connectivity index (χ1v) is 5.73. The molecule has 1 heterocycles. The van der Waals surface area contributed by atoms with Crippen LogP contribution in [-0.2, 0) is 23.0 Å². The smallest absolute Gasteiger partial charge is 0.224 e. The van der Waals surface area contributed by atoms with Crippen LogP contribution in [0, 0.1) is 13.8 Å². The molecule has 5 nitrogen and oxygen atoms in total. The summed E-state index contributed by atoms with van der Waals surface area (Å²) in [5.41, 5.74) is 2.96. The van der Waals surface area contributed by atoms with Gasteiger partial charge in [-0.3, -0.25) is 9.48 Å². The number of nitrogens with zero attached hydrogens (tertiary/aromatic N) is 2. The lowest BCUT2D eigenvalue weighted by Gasteiger charge is -2.12. The van der Waals surface area contributed by atoms with Crippen molar-refractivity contribution in [3.63, 3.8) is 0 Å². The maximum atomic E-state index is 11.8. The number of methoxy groups -OCH3 is 1. The minimum Gasteiger partial charge on any atom is -0.383 e. The molecule has 5 heteroatoms. The second-order valence-corrected chi connectivity index (χ2v) is 4.37. The van der Waals surface area contributed by atoms with Gasteiger partial charge in [-0.15, -0.1) is 0 Å². The van der Waals surface area contributed by atoms with Gasteiger partial charge in [-0.2, -0.15) is 5.10 Å². The van der Waals surface area contributed by atoms with Gasteiger partial charge in [0.25, 0.3) is 0 Å². The molecule has 0 radical (unpaired) electrons. The lowest BCUT2D eigenvalue weighted by Crippen LogP contribution is -2.36. The molecule has 0 aliphatic carbocycles. The largest absolute Gasteiger partial charge is 0.383 e. The van der Waals surface area contributed by atoms with E-state index in [1.165, 1.54) is 0 Å². The predicted molar refractivity (Wildman–Crippen MR) is 65.9 cm³/mol. The standard InChI is InChI=1S/C12H21N3O2/c1-8(7-17-5)13-12(16)6-11-9(2)14-15(4)10(11)3/h8H,6-7H2,1-5H3,(H,13,16)/t8-/m1/s1. The lowest BCUT2D eigenvalue weighted by molar-refractivity contribution is -0.121. The first-order chi connectivity index (χ1) is 7.95. The third-order valence-corrected chi connectivity index (χ3v) is 2.82. The monoisotopic (exact) mass is 239 g/mol. The van der Waals surface area contributed by atoms with Crippen LogP contribution in [0.25, 0.3) is 0 Å². The molecule has 0 fully saturated rings. The van der Waals surface area contributed by atoms with Gasteiger partial charge in [0.05, 0.1) is 18.7 Å². The Morgan fingerprint density at radius 1 is 1.53 bits per heavy atom. The zero-order chi connectivity index (χ0) is 13.0. The number of carbonyl (C=O) groups excluding carboxylic acids is 1. The van der Waals surface area contributed by atoms with E-state index in [1.807, 2.05) is 27.8 Å². The fourth-order valence-electron chi connectivity index (χ4n) is 1.85. The van der Waals surface area contributed by atoms with E-state index in [1.54, 1.807) is 11.8 Å². The van der Waals surface area contributed by atoms with E-state index in [0.29, 0.717) is 13.0 Å². The third kappa shape index (κ3) is 3.56.